The maximum atomic E-state index is 9.82. The fourth-order valence-electron chi connectivity index (χ4n) is 6.94. The molecule has 0 spiro atoms. The highest BCUT2D eigenvalue weighted by Gasteiger charge is 2.16. The Balaban J connectivity index is 1.21. The molecule has 10 aromatic rings. The van der Waals surface area contributed by atoms with Gasteiger partial charge >= 0.3 is 0 Å². The van der Waals surface area contributed by atoms with Crippen molar-refractivity contribution in [2.24, 2.45) is 0 Å². The number of fused-ring (bicyclic) bond motifs is 5. The molecular formula is C50H33NO. The first-order valence-corrected chi connectivity index (χ1v) is 16.9. The van der Waals surface area contributed by atoms with E-state index in [1.165, 1.54) is 0 Å². The van der Waals surface area contributed by atoms with Gasteiger partial charge in [-0.25, -0.2) is 0 Å². The van der Waals surface area contributed by atoms with E-state index < -0.39 is 66.5 Å². The molecule has 52 heavy (non-hydrogen) atoms. The van der Waals surface area contributed by atoms with Crippen LogP contribution < -0.4 is 4.90 Å². The summed E-state index contributed by atoms with van der Waals surface area (Å²) in [5.74, 6) is 0. The van der Waals surface area contributed by atoms with Gasteiger partial charge in [0.25, 0.3) is 0 Å². The number of benzene rings is 9. The Labute approximate surface area is 317 Å². The number of rotatable bonds is 6. The zero-order valence-corrected chi connectivity index (χ0v) is 27.6. The van der Waals surface area contributed by atoms with Crippen molar-refractivity contribution >= 4 is 60.5 Å². The quantitative estimate of drug-likeness (QED) is 0.175. The van der Waals surface area contributed by atoms with Gasteiger partial charge in [-0.3, -0.25) is 0 Å². The SMILES string of the molecule is [2H]c1c([2H])c(-c2c([2H])c([2H])c3oc4c([2H])c([2H])c([2H])c([2H])c4c3c2[2H])c([2H])c(N(c2ccc(-c3cccc4ccccc34)cc2)c2ccc(-c3cccc4ccccc34)cc2)c1[2H]. The monoisotopic (exact) mass is 674 g/mol. The van der Waals surface area contributed by atoms with Crippen LogP contribution in [0.15, 0.2) is 204 Å². The van der Waals surface area contributed by atoms with E-state index in [2.05, 4.69) is 12.1 Å². The van der Waals surface area contributed by atoms with Crippen molar-refractivity contribution in [1.29, 1.82) is 0 Å². The summed E-state index contributed by atoms with van der Waals surface area (Å²) in [4.78, 5) is 1.66. The molecule has 0 N–H and O–H groups in total. The van der Waals surface area contributed by atoms with Crippen molar-refractivity contribution in [3.63, 3.8) is 0 Å². The van der Waals surface area contributed by atoms with Gasteiger partial charge in [0, 0.05) is 27.8 Å². The number of hydrogen-bond acceptors (Lipinski definition) is 2. The maximum absolute atomic E-state index is 9.82. The molecule has 0 bridgehead atoms. The van der Waals surface area contributed by atoms with Gasteiger partial charge in [0.15, 0.2) is 0 Å². The number of para-hydroxylation sites is 1. The van der Waals surface area contributed by atoms with Gasteiger partial charge in [-0.1, -0.05) is 145 Å². The predicted molar refractivity (Wildman–Crippen MR) is 220 cm³/mol. The minimum Gasteiger partial charge on any atom is -0.456 e. The second-order valence-corrected chi connectivity index (χ2v) is 12.5. The molecule has 0 aliphatic heterocycles. The van der Waals surface area contributed by atoms with Crippen LogP contribution in [0.5, 0.6) is 0 Å². The van der Waals surface area contributed by atoms with Gasteiger partial charge < -0.3 is 9.32 Å². The average Bonchev–Trinajstić information content (AvgIpc) is 3.73. The van der Waals surface area contributed by atoms with Gasteiger partial charge in [0.2, 0.25) is 0 Å². The zero-order valence-electron chi connectivity index (χ0n) is 38.6. The Morgan fingerprint density at radius 1 is 0.365 bits per heavy atom. The lowest BCUT2D eigenvalue weighted by Gasteiger charge is -2.26. The fraction of sp³-hybridized carbons (Fsp3) is 0. The number of furan rings is 1. The summed E-state index contributed by atoms with van der Waals surface area (Å²) in [6, 6.07) is 37.6. The summed E-state index contributed by atoms with van der Waals surface area (Å²) in [5.41, 5.74) is 3.46. The van der Waals surface area contributed by atoms with Gasteiger partial charge in [-0.05, 0) is 109 Å². The van der Waals surface area contributed by atoms with Crippen LogP contribution in [0.3, 0.4) is 0 Å². The average molecular weight is 675 g/mol. The van der Waals surface area contributed by atoms with Crippen molar-refractivity contribution < 1.29 is 19.5 Å². The Morgan fingerprint density at radius 3 is 1.58 bits per heavy atom. The van der Waals surface area contributed by atoms with E-state index in [0.29, 0.717) is 11.4 Å². The highest BCUT2D eigenvalue weighted by atomic mass is 16.3. The standard InChI is InChI=1S/C50H33NO/c1-3-16-43-34(10-1)12-8-19-45(43)36-22-27-40(28-23-36)51(41-29-24-37(25-30-41)46-20-9-13-35-11-2-4-17-44(35)46)42-15-7-14-38(32-42)39-26-31-50-48(33-39)47-18-5-6-21-49(47)52-50/h1-33H/i5D,6D,7D,14D,15D,18D,21D,26D,31D,32D,33D. The topological polar surface area (TPSA) is 16.4 Å². The van der Waals surface area contributed by atoms with E-state index in [4.69, 9.17) is 15.4 Å². The van der Waals surface area contributed by atoms with E-state index in [0.717, 1.165) is 43.8 Å². The molecule has 0 unspecified atom stereocenters. The summed E-state index contributed by atoms with van der Waals surface area (Å²) >= 11 is 0. The Morgan fingerprint density at radius 2 is 0.923 bits per heavy atom. The normalized spacial score (nSPS) is 14.4. The molecule has 0 amide bonds. The van der Waals surface area contributed by atoms with E-state index in [9.17, 15) is 4.11 Å². The lowest BCUT2D eigenvalue weighted by atomic mass is 9.97. The maximum Gasteiger partial charge on any atom is 0.135 e. The van der Waals surface area contributed by atoms with Crippen LogP contribution >= 0.6 is 0 Å². The molecule has 2 nitrogen and oxygen atoms in total. The lowest BCUT2D eigenvalue weighted by molar-refractivity contribution is 0.669. The largest absolute Gasteiger partial charge is 0.456 e. The van der Waals surface area contributed by atoms with Gasteiger partial charge in [-0.2, -0.15) is 0 Å². The minimum atomic E-state index is -0.609. The number of anilines is 3. The highest BCUT2D eigenvalue weighted by molar-refractivity contribution is 6.06. The first-order chi connectivity index (χ1) is 30.4. The van der Waals surface area contributed by atoms with E-state index in [-0.39, 0.29) is 38.8 Å². The van der Waals surface area contributed by atoms with Crippen LogP contribution in [0.25, 0.3) is 76.9 Å². The Bertz CT molecular complexity index is 3400. The van der Waals surface area contributed by atoms with Gasteiger partial charge in [0.1, 0.15) is 11.2 Å². The molecule has 0 saturated heterocycles. The number of nitrogens with zero attached hydrogens (tertiary/aromatic N) is 1. The third kappa shape index (κ3) is 5.21. The van der Waals surface area contributed by atoms with Crippen LogP contribution in [0.4, 0.5) is 17.1 Å². The molecule has 9 aromatic carbocycles. The molecule has 0 radical (unpaired) electrons. The second kappa shape index (κ2) is 12.5. The smallest absolute Gasteiger partial charge is 0.135 e. The molecule has 0 fully saturated rings. The van der Waals surface area contributed by atoms with Crippen molar-refractivity contribution in [3.8, 4) is 33.4 Å². The third-order valence-corrected chi connectivity index (χ3v) is 9.42. The Hall–Kier alpha value is -6.90. The summed E-state index contributed by atoms with van der Waals surface area (Å²) in [7, 11) is 0. The molecule has 1 aromatic heterocycles. The van der Waals surface area contributed by atoms with Crippen molar-refractivity contribution in [2.45, 2.75) is 0 Å². The molecule has 1 heterocycles. The van der Waals surface area contributed by atoms with Crippen molar-refractivity contribution in [3.05, 3.63) is 200 Å². The van der Waals surface area contributed by atoms with Crippen LogP contribution in [0.2, 0.25) is 0 Å². The molecule has 0 atom stereocenters. The van der Waals surface area contributed by atoms with Gasteiger partial charge in [0.05, 0.1) is 15.1 Å². The highest BCUT2D eigenvalue weighted by Crippen LogP contribution is 2.40. The lowest BCUT2D eigenvalue weighted by Crippen LogP contribution is -2.10. The van der Waals surface area contributed by atoms with Crippen LogP contribution in [-0.2, 0) is 0 Å². The van der Waals surface area contributed by atoms with Crippen LogP contribution in [0, 0.1) is 0 Å². The fourth-order valence-corrected chi connectivity index (χ4v) is 6.94. The van der Waals surface area contributed by atoms with Crippen LogP contribution in [-0.4, -0.2) is 0 Å². The molecule has 0 saturated carbocycles. The van der Waals surface area contributed by atoms with E-state index >= 15 is 0 Å². The summed E-state index contributed by atoms with van der Waals surface area (Å²) in [6.07, 6.45) is 0. The molecule has 10 rings (SSSR count). The van der Waals surface area contributed by atoms with Gasteiger partial charge in [-0.15, -0.1) is 0 Å². The molecular weight excluding hydrogens is 631 g/mol. The Kier molecular flexibility index (Phi) is 4.96. The zero-order chi connectivity index (χ0) is 44.0. The van der Waals surface area contributed by atoms with E-state index in [1.54, 1.807) is 4.90 Å². The van der Waals surface area contributed by atoms with E-state index in [1.807, 2.05) is 121 Å². The van der Waals surface area contributed by atoms with Crippen LogP contribution in [0.1, 0.15) is 15.1 Å². The predicted octanol–water partition coefficient (Wildman–Crippen LogP) is 14.4. The third-order valence-electron chi connectivity index (χ3n) is 9.42. The number of hydrogen-bond donors (Lipinski definition) is 0. The summed E-state index contributed by atoms with van der Waals surface area (Å²) < 4.78 is 104. The minimum absolute atomic E-state index is 0.105. The van der Waals surface area contributed by atoms with Crippen molar-refractivity contribution in [2.75, 3.05) is 4.90 Å². The molecule has 0 aliphatic rings. The van der Waals surface area contributed by atoms with Crippen molar-refractivity contribution in [1.82, 2.24) is 0 Å². The molecule has 0 aliphatic carbocycles. The first-order valence-electron chi connectivity index (χ1n) is 22.4. The molecule has 2 heteroatoms. The summed E-state index contributed by atoms with van der Waals surface area (Å²) in [6.45, 7) is 0. The summed E-state index contributed by atoms with van der Waals surface area (Å²) in [5, 5.41) is 3.94. The first kappa shape index (κ1) is 20.7. The molecule has 244 valence electrons. The second-order valence-electron chi connectivity index (χ2n) is 12.5.